The third-order valence-electron chi connectivity index (χ3n) is 4.38. The van der Waals surface area contributed by atoms with Crippen molar-refractivity contribution >= 4 is 23.5 Å². The summed E-state index contributed by atoms with van der Waals surface area (Å²) in [5.41, 5.74) is -0.700. The van der Waals surface area contributed by atoms with Crippen LogP contribution >= 0.6 is 11.6 Å². The summed E-state index contributed by atoms with van der Waals surface area (Å²) < 4.78 is 16.2. The van der Waals surface area contributed by atoms with Crippen molar-refractivity contribution < 1.29 is 23.8 Å². The average molecular weight is 409 g/mol. The molecule has 0 spiro atoms. The van der Waals surface area contributed by atoms with Crippen molar-refractivity contribution in [3.8, 4) is 17.6 Å². The number of amides is 1. The maximum absolute atomic E-state index is 12.3. The first-order valence-electron chi connectivity index (χ1n) is 9.43. The molecule has 1 aromatic rings. The number of nitrogens with zero attached hydrogens (tertiary/aromatic N) is 1. The fraction of sp³-hybridized carbons (Fsp3) is 0.550. The summed E-state index contributed by atoms with van der Waals surface area (Å²) >= 11 is 6.24. The Labute approximate surface area is 169 Å². The standard InChI is InChI=1S/C20H25ClN2O5/c1-3-9-27-18-15(21)10-14(11-16(18)26-4-2)19(25)28-12-17(24)23-20(13-22)7-5-6-8-20/h10-11H,3-9,12H2,1-2H3,(H,23,24). The second-order valence-corrected chi connectivity index (χ2v) is 7.00. The molecule has 152 valence electrons. The molecule has 0 heterocycles. The van der Waals surface area contributed by atoms with Gasteiger partial charge in [0.2, 0.25) is 0 Å². The van der Waals surface area contributed by atoms with Gasteiger partial charge in [-0.2, -0.15) is 5.26 Å². The van der Waals surface area contributed by atoms with Gasteiger partial charge in [0.1, 0.15) is 5.54 Å². The molecule has 1 amide bonds. The van der Waals surface area contributed by atoms with Gasteiger partial charge >= 0.3 is 5.97 Å². The van der Waals surface area contributed by atoms with E-state index in [1.54, 1.807) is 6.92 Å². The summed E-state index contributed by atoms with van der Waals surface area (Å²) in [6.07, 6.45) is 3.79. The Kier molecular flexibility index (Phi) is 7.94. The van der Waals surface area contributed by atoms with Gasteiger partial charge in [0, 0.05) is 0 Å². The molecule has 0 radical (unpaired) electrons. The van der Waals surface area contributed by atoms with E-state index in [2.05, 4.69) is 11.4 Å². The van der Waals surface area contributed by atoms with Crippen LogP contribution in [0.15, 0.2) is 12.1 Å². The molecule has 0 aromatic heterocycles. The van der Waals surface area contributed by atoms with Crippen molar-refractivity contribution in [1.29, 1.82) is 5.26 Å². The lowest BCUT2D eigenvalue weighted by Crippen LogP contribution is -2.46. The topological polar surface area (TPSA) is 97.6 Å². The number of hydrogen-bond donors (Lipinski definition) is 1. The van der Waals surface area contributed by atoms with Gasteiger partial charge in [-0.1, -0.05) is 18.5 Å². The van der Waals surface area contributed by atoms with Gasteiger partial charge in [-0.25, -0.2) is 4.79 Å². The molecular weight excluding hydrogens is 384 g/mol. The highest BCUT2D eigenvalue weighted by molar-refractivity contribution is 6.32. The van der Waals surface area contributed by atoms with Crippen molar-refractivity contribution in [2.75, 3.05) is 19.8 Å². The Morgan fingerprint density at radius 1 is 1.25 bits per heavy atom. The molecule has 7 nitrogen and oxygen atoms in total. The van der Waals surface area contributed by atoms with E-state index in [1.165, 1.54) is 12.1 Å². The van der Waals surface area contributed by atoms with E-state index in [-0.39, 0.29) is 10.6 Å². The first-order valence-corrected chi connectivity index (χ1v) is 9.81. The highest BCUT2D eigenvalue weighted by Crippen LogP contribution is 2.37. The molecule has 0 bridgehead atoms. The van der Waals surface area contributed by atoms with Crippen molar-refractivity contribution in [3.63, 3.8) is 0 Å². The Morgan fingerprint density at radius 3 is 2.57 bits per heavy atom. The van der Waals surface area contributed by atoms with Crippen molar-refractivity contribution in [3.05, 3.63) is 22.7 Å². The number of nitriles is 1. The van der Waals surface area contributed by atoms with Crippen LogP contribution in [-0.4, -0.2) is 37.2 Å². The highest BCUT2D eigenvalue weighted by Gasteiger charge is 2.35. The summed E-state index contributed by atoms with van der Waals surface area (Å²) in [7, 11) is 0. The molecule has 2 rings (SSSR count). The Balaban J connectivity index is 2.03. The Morgan fingerprint density at radius 2 is 1.96 bits per heavy atom. The van der Waals surface area contributed by atoms with Crippen LogP contribution in [0.4, 0.5) is 0 Å². The van der Waals surface area contributed by atoms with Crippen LogP contribution in [0.5, 0.6) is 11.5 Å². The van der Waals surface area contributed by atoms with Crippen LogP contribution in [-0.2, 0) is 9.53 Å². The minimum atomic E-state index is -0.854. The predicted molar refractivity (Wildman–Crippen MR) is 104 cm³/mol. The third kappa shape index (κ3) is 5.52. The number of rotatable bonds is 9. The molecule has 1 N–H and O–H groups in total. The molecule has 0 saturated heterocycles. The van der Waals surface area contributed by atoms with Gasteiger partial charge in [-0.05, 0) is 51.2 Å². The number of ether oxygens (including phenoxy) is 3. The Bertz CT molecular complexity index is 754. The van der Waals surface area contributed by atoms with Crippen LogP contribution in [0, 0.1) is 11.3 Å². The number of halogens is 1. The molecule has 1 saturated carbocycles. The molecule has 28 heavy (non-hydrogen) atoms. The lowest BCUT2D eigenvalue weighted by molar-refractivity contribution is -0.125. The van der Waals surface area contributed by atoms with Crippen LogP contribution in [0.1, 0.15) is 56.3 Å². The zero-order valence-corrected chi connectivity index (χ0v) is 16.9. The number of esters is 1. The van der Waals surface area contributed by atoms with Crippen molar-refractivity contribution in [2.45, 2.75) is 51.5 Å². The van der Waals surface area contributed by atoms with Crippen molar-refractivity contribution in [2.24, 2.45) is 0 Å². The van der Waals surface area contributed by atoms with E-state index in [0.717, 1.165) is 19.3 Å². The number of benzene rings is 1. The largest absolute Gasteiger partial charge is 0.490 e. The van der Waals surface area contributed by atoms with Gasteiger partial charge in [0.15, 0.2) is 18.1 Å². The molecule has 1 aromatic carbocycles. The minimum Gasteiger partial charge on any atom is -0.490 e. The number of nitrogens with one attached hydrogen (secondary N) is 1. The quantitative estimate of drug-likeness (QED) is 0.626. The van der Waals surface area contributed by atoms with Crippen LogP contribution in [0.3, 0.4) is 0 Å². The van der Waals surface area contributed by atoms with Gasteiger partial charge in [0.25, 0.3) is 5.91 Å². The third-order valence-corrected chi connectivity index (χ3v) is 4.66. The van der Waals surface area contributed by atoms with Crippen molar-refractivity contribution in [1.82, 2.24) is 5.32 Å². The smallest absolute Gasteiger partial charge is 0.338 e. The number of carbonyl (C=O) groups excluding carboxylic acids is 2. The fourth-order valence-electron chi connectivity index (χ4n) is 3.05. The summed E-state index contributed by atoms with van der Waals surface area (Å²) in [6, 6.07) is 5.06. The molecule has 0 unspecified atom stereocenters. The molecule has 1 fully saturated rings. The van der Waals surface area contributed by atoms with Gasteiger partial charge in [0.05, 0.1) is 29.9 Å². The summed E-state index contributed by atoms with van der Waals surface area (Å²) in [5.74, 6) is -0.501. The van der Waals surface area contributed by atoms with Crippen LogP contribution in [0.25, 0.3) is 0 Å². The van der Waals surface area contributed by atoms with Crippen LogP contribution in [0.2, 0.25) is 5.02 Å². The lowest BCUT2D eigenvalue weighted by Gasteiger charge is -2.21. The average Bonchev–Trinajstić information content (AvgIpc) is 3.14. The second kappa shape index (κ2) is 10.2. The second-order valence-electron chi connectivity index (χ2n) is 6.59. The summed E-state index contributed by atoms with van der Waals surface area (Å²) in [4.78, 5) is 24.4. The molecular formula is C20H25ClN2O5. The Hall–Kier alpha value is -2.46. The molecule has 0 atom stereocenters. The molecule has 0 aliphatic heterocycles. The van der Waals surface area contributed by atoms with Gasteiger partial charge in [-0.3, -0.25) is 4.79 Å². The van der Waals surface area contributed by atoms with E-state index in [1.807, 2.05) is 6.92 Å². The SMILES string of the molecule is CCCOc1c(Cl)cc(C(=O)OCC(=O)NC2(C#N)CCCC2)cc1OCC. The highest BCUT2D eigenvalue weighted by atomic mass is 35.5. The number of carbonyl (C=O) groups is 2. The van der Waals surface area contributed by atoms with E-state index in [0.29, 0.717) is 37.6 Å². The number of hydrogen-bond acceptors (Lipinski definition) is 6. The zero-order valence-electron chi connectivity index (χ0n) is 16.2. The van der Waals surface area contributed by atoms with E-state index >= 15 is 0 Å². The minimum absolute atomic E-state index is 0.154. The van der Waals surface area contributed by atoms with Gasteiger partial charge < -0.3 is 19.5 Å². The molecule has 8 heteroatoms. The summed E-state index contributed by atoms with van der Waals surface area (Å²) in [5, 5.41) is 12.2. The van der Waals surface area contributed by atoms with Gasteiger partial charge in [-0.15, -0.1) is 0 Å². The van der Waals surface area contributed by atoms with E-state index < -0.39 is 24.0 Å². The molecule has 1 aliphatic carbocycles. The maximum Gasteiger partial charge on any atom is 0.338 e. The first kappa shape index (κ1) is 21.8. The predicted octanol–water partition coefficient (Wildman–Crippen LogP) is 3.64. The fourth-order valence-corrected chi connectivity index (χ4v) is 3.32. The lowest BCUT2D eigenvalue weighted by atomic mass is 10.00. The molecule has 1 aliphatic rings. The maximum atomic E-state index is 12.3. The van der Waals surface area contributed by atoms with E-state index in [9.17, 15) is 14.9 Å². The first-order chi connectivity index (χ1) is 13.4. The zero-order chi connectivity index (χ0) is 20.6. The normalized spacial score (nSPS) is 14.8. The van der Waals surface area contributed by atoms with E-state index in [4.69, 9.17) is 25.8 Å². The monoisotopic (exact) mass is 408 g/mol. The van der Waals surface area contributed by atoms with Crippen LogP contribution < -0.4 is 14.8 Å². The summed E-state index contributed by atoms with van der Waals surface area (Å²) in [6.45, 7) is 4.13.